The Morgan fingerprint density at radius 3 is 3.09 bits per heavy atom. The number of aromatic nitrogens is 3. The highest BCUT2D eigenvalue weighted by Crippen LogP contribution is 2.14. The van der Waals surface area contributed by atoms with Gasteiger partial charge in [0.05, 0.1) is 6.54 Å². The monoisotopic (exact) mass is 332 g/mol. The molecule has 3 rings (SSSR count). The molecule has 2 aromatic heterocycles. The Morgan fingerprint density at radius 2 is 2.26 bits per heavy atom. The molecule has 0 amide bonds. The molecule has 2 aromatic rings. The van der Waals surface area contributed by atoms with Crippen LogP contribution in [-0.4, -0.2) is 34.3 Å². The molecule has 0 aliphatic carbocycles. The molecule has 0 saturated carbocycles. The molecule has 1 aliphatic heterocycles. The molecule has 7 heteroatoms. The van der Waals surface area contributed by atoms with Gasteiger partial charge in [-0.25, -0.2) is 0 Å². The first-order valence-electron chi connectivity index (χ1n) is 8.24. The van der Waals surface area contributed by atoms with Crippen molar-refractivity contribution in [2.24, 2.45) is 4.99 Å². The van der Waals surface area contributed by atoms with Gasteiger partial charge in [-0.3, -0.25) is 4.99 Å². The third-order valence-corrected chi connectivity index (χ3v) is 5.00. The highest BCUT2D eigenvalue weighted by molar-refractivity contribution is 7.09. The number of fused-ring (bicyclic) bond motifs is 1. The minimum absolute atomic E-state index is 0.658. The summed E-state index contributed by atoms with van der Waals surface area (Å²) >= 11 is 1.79. The van der Waals surface area contributed by atoms with Gasteiger partial charge in [0.2, 0.25) is 0 Å². The number of nitrogens with zero attached hydrogens (tertiary/aromatic N) is 4. The smallest absolute Gasteiger partial charge is 0.191 e. The van der Waals surface area contributed by atoms with Crippen molar-refractivity contribution in [2.45, 2.75) is 45.2 Å². The van der Waals surface area contributed by atoms with Crippen LogP contribution in [0.1, 0.15) is 35.8 Å². The van der Waals surface area contributed by atoms with Crippen molar-refractivity contribution in [3.05, 3.63) is 34.0 Å². The zero-order chi connectivity index (χ0) is 15.9. The van der Waals surface area contributed by atoms with Gasteiger partial charge in [0.25, 0.3) is 0 Å². The molecule has 0 aromatic carbocycles. The second-order valence-corrected chi connectivity index (χ2v) is 6.71. The summed E-state index contributed by atoms with van der Waals surface area (Å²) in [5, 5.41) is 17.5. The predicted molar refractivity (Wildman–Crippen MR) is 93.8 cm³/mol. The summed E-state index contributed by atoms with van der Waals surface area (Å²) in [6.07, 6.45) is 5.77. The second-order valence-electron chi connectivity index (χ2n) is 5.68. The molecule has 0 bridgehead atoms. The van der Waals surface area contributed by atoms with Crippen molar-refractivity contribution in [1.82, 2.24) is 25.4 Å². The molecule has 0 atom stereocenters. The summed E-state index contributed by atoms with van der Waals surface area (Å²) in [4.78, 5) is 5.66. The summed E-state index contributed by atoms with van der Waals surface area (Å²) in [7, 11) is 1.80. The van der Waals surface area contributed by atoms with Gasteiger partial charge >= 0.3 is 0 Å². The first-order valence-corrected chi connectivity index (χ1v) is 9.12. The van der Waals surface area contributed by atoms with Gasteiger partial charge in [-0.15, -0.1) is 21.5 Å². The Kier molecular flexibility index (Phi) is 5.63. The van der Waals surface area contributed by atoms with Gasteiger partial charge in [0.1, 0.15) is 5.82 Å². The molecule has 124 valence electrons. The van der Waals surface area contributed by atoms with E-state index in [0.717, 1.165) is 43.5 Å². The summed E-state index contributed by atoms with van der Waals surface area (Å²) in [5.74, 6) is 2.94. The van der Waals surface area contributed by atoms with Gasteiger partial charge in [-0.05, 0) is 30.7 Å². The number of guanidine groups is 1. The predicted octanol–water partition coefficient (Wildman–Crippen LogP) is 1.97. The van der Waals surface area contributed by atoms with Gasteiger partial charge in [0, 0.05) is 31.4 Å². The van der Waals surface area contributed by atoms with Crippen molar-refractivity contribution in [3.8, 4) is 0 Å². The molecular formula is C16H24N6S. The van der Waals surface area contributed by atoms with E-state index in [1.54, 1.807) is 18.4 Å². The van der Waals surface area contributed by atoms with Crippen molar-refractivity contribution in [1.29, 1.82) is 0 Å². The Bertz CT molecular complexity index is 631. The van der Waals surface area contributed by atoms with Crippen molar-refractivity contribution < 1.29 is 0 Å². The van der Waals surface area contributed by atoms with E-state index in [1.807, 2.05) is 0 Å². The van der Waals surface area contributed by atoms with E-state index in [2.05, 4.69) is 47.9 Å². The Morgan fingerprint density at radius 1 is 1.30 bits per heavy atom. The number of rotatable bonds is 5. The average Bonchev–Trinajstić information content (AvgIpc) is 3.15. The number of hydrogen-bond donors (Lipinski definition) is 2. The van der Waals surface area contributed by atoms with Crippen LogP contribution < -0.4 is 10.6 Å². The minimum Gasteiger partial charge on any atom is -0.356 e. The fourth-order valence-corrected chi connectivity index (χ4v) is 3.53. The van der Waals surface area contributed by atoms with Crippen LogP contribution in [0.5, 0.6) is 0 Å². The lowest BCUT2D eigenvalue weighted by Gasteiger charge is -2.12. The second kappa shape index (κ2) is 8.10. The molecule has 0 unspecified atom stereocenters. The third kappa shape index (κ3) is 4.31. The molecule has 3 heterocycles. The zero-order valence-corrected chi connectivity index (χ0v) is 14.4. The van der Waals surface area contributed by atoms with Gasteiger partial charge in [-0.1, -0.05) is 12.5 Å². The highest BCUT2D eigenvalue weighted by atomic mass is 32.1. The summed E-state index contributed by atoms with van der Waals surface area (Å²) < 4.78 is 2.26. The molecular weight excluding hydrogens is 308 g/mol. The van der Waals surface area contributed by atoms with E-state index in [4.69, 9.17) is 0 Å². The molecule has 0 saturated heterocycles. The van der Waals surface area contributed by atoms with Crippen LogP contribution in [0.3, 0.4) is 0 Å². The van der Waals surface area contributed by atoms with Crippen LogP contribution in [0.25, 0.3) is 0 Å². The molecule has 0 fully saturated rings. The topological polar surface area (TPSA) is 67.1 Å². The van der Waals surface area contributed by atoms with E-state index in [-0.39, 0.29) is 0 Å². The van der Waals surface area contributed by atoms with Crippen LogP contribution in [0.4, 0.5) is 0 Å². The molecule has 1 aliphatic rings. The third-order valence-electron chi connectivity index (χ3n) is 4.07. The number of aryl methyl sites for hydroxylation is 1. The maximum atomic E-state index is 4.34. The highest BCUT2D eigenvalue weighted by Gasteiger charge is 2.14. The quantitative estimate of drug-likeness (QED) is 0.649. The lowest BCUT2D eigenvalue weighted by molar-refractivity contribution is 0.596. The van der Waals surface area contributed by atoms with Gasteiger partial charge in [0.15, 0.2) is 11.8 Å². The van der Waals surface area contributed by atoms with Crippen LogP contribution in [0.2, 0.25) is 0 Å². The van der Waals surface area contributed by atoms with Crippen molar-refractivity contribution >= 4 is 17.3 Å². The maximum Gasteiger partial charge on any atom is 0.191 e. The van der Waals surface area contributed by atoms with Crippen LogP contribution >= 0.6 is 11.3 Å². The van der Waals surface area contributed by atoms with Crippen molar-refractivity contribution in [2.75, 3.05) is 13.6 Å². The summed E-state index contributed by atoms with van der Waals surface area (Å²) in [6, 6.07) is 4.25. The summed E-state index contributed by atoms with van der Waals surface area (Å²) in [6.45, 7) is 2.56. The number of nitrogens with one attached hydrogen (secondary N) is 2. The Labute approximate surface area is 141 Å². The van der Waals surface area contributed by atoms with E-state index in [0.29, 0.717) is 6.54 Å². The number of hydrogen-bond acceptors (Lipinski definition) is 4. The Balaban J connectivity index is 1.49. The number of aliphatic imine (C=N–C) groups is 1. The lowest BCUT2D eigenvalue weighted by Crippen LogP contribution is -2.38. The van der Waals surface area contributed by atoms with E-state index in [9.17, 15) is 0 Å². The molecule has 2 N–H and O–H groups in total. The zero-order valence-electron chi connectivity index (χ0n) is 13.6. The van der Waals surface area contributed by atoms with Crippen LogP contribution in [0.15, 0.2) is 22.5 Å². The van der Waals surface area contributed by atoms with Gasteiger partial charge in [-0.2, -0.15) is 0 Å². The van der Waals surface area contributed by atoms with Gasteiger partial charge < -0.3 is 15.2 Å². The molecule has 0 spiro atoms. The fourth-order valence-electron chi connectivity index (χ4n) is 2.82. The SMILES string of the molecule is CN=C(NCCc1cccs1)NCc1nnc2n1CCCCC2. The standard InChI is InChI=1S/C16H24N6S/c1-17-16(18-9-8-13-6-5-11-23-13)19-12-15-21-20-14-7-3-2-4-10-22(14)15/h5-6,11H,2-4,7-10,12H2,1H3,(H2,17,18,19). The lowest BCUT2D eigenvalue weighted by atomic mass is 10.2. The van der Waals surface area contributed by atoms with Crippen LogP contribution in [0, 0.1) is 0 Å². The fraction of sp³-hybridized carbons (Fsp3) is 0.562. The average molecular weight is 332 g/mol. The summed E-state index contributed by atoms with van der Waals surface area (Å²) in [5.41, 5.74) is 0. The minimum atomic E-state index is 0.658. The van der Waals surface area contributed by atoms with E-state index >= 15 is 0 Å². The van der Waals surface area contributed by atoms with E-state index in [1.165, 1.54) is 24.1 Å². The Hall–Kier alpha value is -1.89. The first-order chi connectivity index (χ1) is 11.4. The van der Waals surface area contributed by atoms with Crippen molar-refractivity contribution in [3.63, 3.8) is 0 Å². The normalized spacial score (nSPS) is 15.1. The van der Waals surface area contributed by atoms with Crippen LogP contribution in [-0.2, 0) is 25.9 Å². The maximum absolute atomic E-state index is 4.34. The molecule has 6 nitrogen and oxygen atoms in total. The first kappa shape index (κ1) is 16.0. The molecule has 0 radical (unpaired) electrons. The molecule has 23 heavy (non-hydrogen) atoms. The number of thiophene rings is 1. The largest absolute Gasteiger partial charge is 0.356 e. The van der Waals surface area contributed by atoms with E-state index < -0.39 is 0 Å².